The van der Waals surface area contributed by atoms with E-state index in [1.807, 2.05) is 24.3 Å². The number of nitrogens with two attached hydrogens (primary N) is 1. The number of methoxy groups -OCH3 is 1. The topological polar surface area (TPSA) is 64.3 Å². The second kappa shape index (κ2) is 6.10. The van der Waals surface area contributed by atoms with Crippen molar-refractivity contribution in [2.24, 2.45) is 0 Å². The van der Waals surface area contributed by atoms with E-state index in [0.717, 1.165) is 17.7 Å². The first-order valence-electron chi connectivity index (χ1n) is 6.49. The van der Waals surface area contributed by atoms with Gasteiger partial charge in [-0.15, -0.1) is 0 Å². The summed E-state index contributed by atoms with van der Waals surface area (Å²) in [5.74, 6) is -0.409. The van der Waals surface area contributed by atoms with E-state index in [1.165, 1.54) is 7.11 Å². The summed E-state index contributed by atoms with van der Waals surface area (Å²) in [4.78, 5) is 11.8. The van der Waals surface area contributed by atoms with Gasteiger partial charge in [0.15, 0.2) is 0 Å². The molecule has 0 unspecified atom stereocenters. The first kappa shape index (κ1) is 13.9. The summed E-state index contributed by atoms with van der Waals surface area (Å²) in [6.07, 6.45) is 0.892. The van der Waals surface area contributed by atoms with Gasteiger partial charge in [0.2, 0.25) is 0 Å². The molecule has 0 saturated carbocycles. The van der Waals surface area contributed by atoms with Gasteiger partial charge in [-0.3, -0.25) is 0 Å². The molecule has 0 bridgehead atoms. The minimum atomic E-state index is -0.409. The highest BCUT2D eigenvalue weighted by molar-refractivity contribution is 6.00. The van der Waals surface area contributed by atoms with Gasteiger partial charge in [0, 0.05) is 5.69 Å². The van der Waals surface area contributed by atoms with Crippen molar-refractivity contribution in [1.29, 1.82) is 0 Å². The molecule has 2 aromatic carbocycles. The number of nitrogen functional groups attached to an aromatic ring is 1. The molecule has 0 saturated heterocycles. The van der Waals surface area contributed by atoms with E-state index in [1.54, 1.807) is 18.2 Å². The Morgan fingerprint density at radius 2 is 1.95 bits per heavy atom. The van der Waals surface area contributed by atoms with Crippen LogP contribution in [0.4, 0.5) is 17.1 Å². The van der Waals surface area contributed by atoms with E-state index in [4.69, 9.17) is 10.5 Å². The number of esters is 1. The second-order valence-corrected chi connectivity index (χ2v) is 4.40. The fourth-order valence-electron chi connectivity index (χ4n) is 2.07. The molecular formula is C16H18N2O2. The monoisotopic (exact) mass is 270 g/mol. The Morgan fingerprint density at radius 3 is 2.65 bits per heavy atom. The van der Waals surface area contributed by atoms with Crippen molar-refractivity contribution in [3.05, 3.63) is 53.6 Å². The lowest BCUT2D eigenvalue weighted by molar-refractivity contribution is 0.0602. The molecule has 0 aliphatic rings. The first-order chi connectivity index (χ1) is 9.67. The Labute approximate surface area is 118 Å². The third-order valence-corrected chi connectivity index (χ3v) is 3.16. The Balaban J connectivity index is 2.45. The van der Waals surface area contributed by atoms with Crippen LogP contribution in [0.5, 0.6) is 0 Å². The molecule has 0 aromatic heterocycles. The van der Waals surface area contributed by atoms with E-state index >= 15 is 0 Å². The number of hydrogen-bond acceptors (Lipinski definition) is 4. The Kier molecular flexibility index (Phi) is 4.25. The molecule has 0 aliphatic carbocycles. The first-order valence-corrected chi connectivity index (χ1v) is 6.49. The van der Waals surface area contributed by atoms with E-state index in [9.17, 15) is 4.79 Å². The number of ether oxygens (including phenoxy) is 1. The Hall–Kier alpha value is -2.49. The van der Waals surface area contributed by atoms with Crippen molar-refractivity contribution in [2.75, 3.05) is 18.2 Å². The van der Waals surface area contributed by atoms with Crippen LogP contribution in [0, 0.1) is 0 Å². The van der Waals surface area contributed by atoms with Gasteiger partial charge in [-0.25, -0.2) is 4.79 Å². The quantitative estimate of drug-likeness (QED) is 0.660. The average molecular weight is 270 g/mol. The molecule has 0 atom stereocenters. The number of para-hydroxylation sites is 2. The zero-order valence-corrected chi connectivity index (χ0v) is 11.6. The molecule has 3 N–H and O–H groups in total. The molecule has 20 heavy (non-hydrogen) atoms. The molecule has 2 rings (SSSR count). The van der Waals surface area contributed by atoms with Crippen LogP contribution in [-0.2, 0) is 11.2 Å². The van der Waals surface area contributed by atoms with Crippen LogP contribution in [0.3, 0.4) is 0 Å². The number of rotatable bonds is 4. The molecular weight excluding hydrogens is 252 g/mol. The van der Waals surface area contributed by atoms with Gasteiger partial charge in [0.1, 0.15) is 0 Å². The molecule has 104 valence electrons. The fraction of sp³-hybridized carbons (Fsp3) is 0.188. The Morgan fingerprint density at radius 1 is 1.20 bits per heavy atom. The van der Waals surface area contributed by atoms with E-state index in [-0.39, 0.29) is 0 Å². The largest absolute Gasteiger partial charge is 0.465 e. The van der Waals surface area contributed by atoms with Crippen molar-refractivity contribution in [2.45, 2.75) is 13.3 Å². The smallest absolute Gasteiger partial charge is 0.340 e. The minimum absolute atomic E-state index is 0.409. The van der Waals surface area contributed by atoms with Gasteiger partial charge in [0.25, 0.3) is 0 Å². The highest BCUT2D eigenvalue weighted by Gasteiger charge is 2.15. The number of hydrogen-bond donors (Lipinski definition) is 2. The molecule has 0 aliphatic heterocycles. The molecule has 4 nitrogen and oxygen atoms in total. The maximum Gasteiger partial charge on any atom is 0.340 e. The van der Waals surface area contributed by atoms with Gasteiger partial charge >= 0.3 is 5.97 Å². The zero-order valence-electron chi connectivity index (χ0n) is 11.6. The fourth-order valence-corrected chi connectivity index (χ4v) is 2.07. The standard InChI is InChI=1S/C16H18N2O2/c1-3-11-7-4-5-10-14(11)18-15-12(16(19)20-2)8-6-9-13(15)17/h4-10,18H,3,17H2,1-2H3. The predicted octanol–water partition coefficient (Wildman–Crippen LogP) is 3.36. The van der Waals surface area contributed by atoms with Crippen molar-refractivity contribution in [3.8, 4) is 0 Å². The summed E-state index contributed by atoms with van der Waals surface area (Å²) in [5, 5.41) is 3.25. The number of nitrogens with one attached hydrogen (secondary N) is 1. The SMILES string of the molecule is CCc1ccccc1Nc1c(N)cccc1C(=O)OC. The lowest BCUT2D eigenvalue weighted by Gasteiger charge is -2.15. The number of carbonyl (C=O) groups is 1. The maximum absolute atomic E-state index is 11.8. The summed E-state index contributed by atoms with van der Waals surface area (Å²) in [6, 6.07) is 13.1. The van der Waals surface area contributed by atoms with Crippen LogP contribution in [0.1, 0.15) is 22.8 Å². The van der Waals surface area contributed by atoms with Gasteiger partial charge < -0.3 is 15.8 Å². The zero-order chi connectivity index (χ0) is 14.5. The van der Waals surface area contributed by atoms with Crippen LogP contribution < -0.4 is 11.1 Å². The summed E-state index contributed by atoms with van der Waals surface area (Å²) in [5.41, 5.74) is 9.61. The normalized spacial score (nSPS) is 10.1. The second-order valence-electron chi connectivity index (χ2n) is 4.40. The highest BCUT2D eigenvalue weighted by atomic mass is 16.5. The summed E-state index contributed by atoms with van der Waals surface area (Å²) >= 11 is 0. The van der Waals surface area contributed by atoms with E-state index < -0.39 is 5.97 Å². The van der Waals surface area contributed by atoms with Crippen molar-refractivity contribution in [3.63, 3.8) is 0 Å². The Bertz CT molecular complexity index is 624. The molecule has 0 radical (unpaired) electrons. The van der Waals surface area contributed by atoms with Gasteiger partial charge in [-0.1, -0.05) is 31.2 Å². The van der Waals surface area contributed by atoms with Crippen LogP contribution in [-0.4, -0.2) is 13.1 Å². The summed E-state index contributed by atoms with van der Waals surface area (Å²) in [7, 11) is 1.36. The predicted molar refractivity (Wildman–Crippen MR) is 81.3 cm³/mol. The van der Waals surface area contributed by atoms with Crippen molar-refractivity contribution in [1.82, 2.24) is 0 Å². The molecule has 0 fully saturated rings. The summed E-state index contributed by atoms with van der Waals surface area (Å²) < 4.78 is 4.79. The highest BCUT2D eigenvalue weighted by Crippen LogP contribution is 2.29. The third kappa shape index (κ3) is 2.74. The van der Waals surface area contributed by atoms with Crippen molar-refractivity contribution >= 4 is 23.0 Å². The van der Waals surface area contributed by atoms with Crippen LogP contribution in [0.15, 0.2) is 42.5 Å². The van der Waals surface area contributed by atoms with Crippen LogP contribution >= 0.6 is 0 Å². The van der Waals surface area contributed by atoms with E-state index in [2.05, 4.69) is 12.2 Å². The molecule has 0 heterocycles. The van der Waals surface area contributed by atoms with Crippen molar-refractivity contribution < 1.29 is 9.53 Å². The number of benzene rings is 2. The average Bonchev–Trinajstić information content (AvgIpc) is 2.49. The minimum Gasteiger partial charge on any atom is -0.465 e. The van der Waals surface area contributed by atoms with E-state index in [0.29, 0.717) is 16.9 Å². The number of carbonyl (C=O) groups excluding carboxylic acids is 1. The van der Waals surface area contributed by atoms with Gasteiger partial charge in [-0.05, 0) is 30.2 Å². The number of anilines is 3. The third-order valence-electron chi connectivity index (χ3n) is 3.16. The van der Waals surface area contributed by atoms with Crippen LogP contribution in [0.2, 0.25) is 0 Å². The number of aryl methyl sites for hydroxylation is 1. The molecule has 2 aromatic rings. The maximum atomic E-state index is 11.8. The summed E-state index contributed by atoms with van der Waals surface area (Å²) in [6.45, 7) is 2.08. The molecule has 4 heteroatoms. The van der Waals surface area contributed by atoms with Gasteiger partial charge in [0.05, 0.1) is 24.0 Å². The lowest BCUT2D eigenvalue weighted by atomic mass is 10.1. The molecule has 0 spiro atoms. The lowest BCUT2D eigenvalue weighted by Crippen LogP contribution is -2.08. The van der Waals surface area contributed by atoms with Gasteiger partial charge in [-0.2, -0.15) is 0 Å². The molecule has 0 amide bonds. The van der Waals surface area contributed by atoms with Crippen LogP contribution in [0.25, 0.3) is 0 Å².